The molecule has 1 heterocycles. The maximum atomic E-state index is 12.4. The van der Waals surface area contributed by atoms with E-state index in [1.807, 2.05) is 6.07 Å². The van der Waals surface area contributed by atoms with E-state index in [2.05, 4.69) is 5.32 Å². The highest BCUT2D eigenvalue weighted by Crippen LogP contribution is 2.31. The van der Waals surface area contributed by atoms with Crippen LogP contribution in [0.3, 0.4) is 0 Å². The minimum absolute atomic E-state index is 0.125. The number of para-hydroxylation sites is 2. The summed E-state index contributed by atoms with van der Waals surface area (Å²) in [5.41, 5.74) is 1.65. The van der Waals surface area contributed by atoms with E-state index >= 15 is 0 Å². The van der Waals surface area contributed by atoms with Gasteiger partial charge in [0.15, 0.2) is 6.61 Å². The van der Waals surface area contributed by atoms with Gasteiger partial charge in [-0.25, -0.2) is 4.79 Å². The largest absolute Gasteiger partial charge is 0.482 e. The number of anilines is 2. The van der Waals surface area contributed by atoms with E-state index in [4.69, 9.17) is 9.47 Å². The van der Waals surface area contributed by atoms with E-state index in [0.717, 1.165) is 0 Å². The normalized spacial score (nSPS) is 12.5. The highest BCUT2D eigenvalue weighted by molar-refractivity contribution is 6.04. The lowest BCUT2D eigenvalue weighted by atomic mass is 10.2. The summed E-state index contributed by atoms with van der Waals surface area (Å²) < 4.78 is 10.7. The molecule has 0 fully saturated rings. The number of hydrogen-bond acceptors (Lipinski definition) is 5. The zero-order valence-corrected chi connectivity index (χ0v) is 15.9. The van der Waals surface area contributed by atoms with E-state index in [1.165, 1.54) is 4.90 Å². The van der Waals surface area contributed by atoms with E-state index in [9.17, 15) is 14.4 Å². The lowest BCUT2D eigenvalue weighted by molar-refractivity contribution is -0.134. The van der Waals surface area contributed by atoms with Crippen molar-refractivity contribution in [3.63, 3.8) is 0 Å². The number of amides is 2. The van der Waals surface area contributed by atoms with Crippen LogP contribution in [-0.4, -0.2) is 30.9 Å². The van der Waals surface area contributed by atoms with Crippen LogP contribution in [0.25, 0.3) is 0 Å². The van der Waals surface area contributed by atoms with Gasteiger partial charge in [0.05, 0.1) is 5.69 Å². The van der Waals surface area contributed by atoms with Crippen molar-refractivity contribution < 1.29 is 23.9 Å². The van der Waals surface area contributed by atoms with Crippen LogP contribution in [0, 0.1) is 0 Å². The maximum Gasteiger partial charge on any atom is 0.331 e. The number of benzene rings is 3. The molecule has 0 saturated carbocycles. The van der Waals surface area contributed by atoms with Crippen LogP contribution in [0.5, 0.6) is 11.5 Å². The molecule has 1 N–H and O–H groups in total. The minimum atomic E-state index is -0.582. The first kappa shape index (κ1) is 19.2. The molecule has 1 aliphatic rings. The molecule has 7 heteroatoms. The predicted octanol–water partition coefficient (Wildman–Crippen LogP) is 3.27. The summed E-state index contributed by atoms with van der Waals surface area (Å²) in [5.74, 6) is -0.272. The molecule has 30 heavy (non-hydrogen) atoms. The second-order valence-electron chi connectivity index (χ2n) is 6.55. The third-order valence-corrected chi connectivity index (χ3v) is 4.48. The van der Waals surface area contributed by atoms with Gasteiger partial charge in [-0.2, -0.15) is 0 Å². The van der Waals surface area contributed by atoms with E-state index < -0.39 is 5.97 Å². The highest BCUT2D eigenvalue weighted by Gasteiger charge is 2.27. The second-order valence-corrected chi connectivity index (χ2v) is 6.55. The number of nitrogens with zero attached hydrogens (tertiary/aromatic N) is 1. The van der Waals surface area contributed by atoms with Gasteiger partial charge in [-0.15, -0.1) is 0 Å². The van der Waals surface area contributed by atoms with Crippen LogP contribution in [0.4, 0.5) is 11.4 Å². The number of rotatable bonds is 5. The molecule has 0 saturated heterocycles. The van der Waals surface area contributed by atoms with E-state index in [1.54, 1.807) is 72.8 Å². The molecule has 3 aromatic rings. The molecule has 3 aromatic carbocycles. The first-order chi connectivity index (χ1) is 14.6. The molecule has 0 spiro atoms. The van der Waals surface area contributed by atoms with E-state index in [0.29, 0.717) is 28.4 Å². The number of ether oxygens (including phenoxy) is 2. The number of esters is 1. The monoisotopic (exact) mass is 402 g/mol. The van der Waals surface area contributed by atoms with Gasteiger partial charge in [0.2, 0.25) is 0 Å². The number of carbonyl (C=O) groups is 3. The number of nitrogens with one attached hydrogen (secondary N) is 1. The molecule has 0 aromatic heterocycles. The Balaban J connectivity index is 1.37. The molecule has 1 aliphatic heterocycles. The van der Waals surface area contributed by atoms with Crippen molar-refractivity contribution >= 4 is 29.2 Å². The number of fused-ring (bicyclic) bond motifs is 1. The Bertz CT molecular complexity index is 1080. The van der Waals surface area contributed by atoms with Crippen LogP contribution < -0.4 is 19.7 Å². The summed E-state index contributed by atoms with van der Waals surface area (Å²) in [6.45, 7) is -0.355. The summed E-state index contributed by atoms with van der Waals surface area (Å²) in [4.78, 5) is 38.0. The van der Waals surface area contributed by atoms with Crippen molar-refractivity contribution in [2.24, 2.45) is 0 Å². The molecule has 0 unspecified atom stereocenters. The van der Waals surface area contributed by atoms with E-state index in [-0.39, 0.29) is 25.0 Å². The van der Waals surface area contributed by atoms with Gasteiger partial charge in [-0.1, -0.05) is 30.3 Å². The van der Waals surface area contributed by atoms with Gasteiger partial charge in [0.1, 0.15) is 18.0 Å². The average molecular weight is 402 g/mol. The lowest BCUT2D eigenvalue weighted by Crippen LogP contribution is -2.43. The summed E-state index contributed by atoms with van der Waals surface area (Å²) in [7, 11) is 0. The van der Waals surface area contributed by atoms with Crippen molar-refractivity contribution in [1.82, 2.24) is 0 Å². The maximum absolute atomic E-state index is 12.4. The Morgan fingerprint density at radius 2 is 1.63 bits per heavy atom. The van der Waals surface area contributed by atoms with Gasteiger partial charge in [-0.05, 0) is 48.5 Å². The first-order valence-corrected chi connectivity index (χ1v) is 9.29. The smallest absolute Gasteiger partial charge is 0.331 e. The Labute approximate surface area is 172 Å². The molecular formula is C23H18N2O5. The van der Waals surface area contributed by atoms with Crippen molar-refractivity contribution in [2.75, 3.05) is 23.4 Å². The zero-order chi connectivity index (χ0) is 20.9. The second kappa shape index (κ2) is 8.48. The molecule has 4 rings (SSSR count). The predicted molar refractivity (Wildman–Crippen MR) is 111 cm³/mol. The first-order valence-electron chi connectivity index (χ1n) is 9.29. The van der Waals surface area contributed by atoms with Gasteiger partial charge in [0.25, 0.3) is 11.8 Å². The minimum Gasteiger partial charge on any atom is -0.482 e. The zero-order valence-electron chi connectivity index (χ0n) is 15.9. The highest BCUT2D eigenvalue weighted by atomic mass is 16.5. The third kappa shape index (κ3) is 4.30. The average Bonchev–Trinajstić information content (AvgIpc) is 2.78. The Hall–Kier alpha value is -4.13. The molecule has 0 bridgehead atoms. The van der Waals surface area contributed by atoms with Crippen LogP contribution in [0.1, 0.15) is 10.4 Å². The molecule has 2 amide bonds. The summed E-state index contributed by atoms with van der Waals surface area (Å²) in [6.07, 6.45) is 0. The SMILES string of the molecule is O=C(CN1C(=O)COc2ccccc21)Oc1ccc(NC(=O)c2ccccc2)cc1. The van der Waals surface area contributed by atoms with Crippen LogP contribution in [0.2, 0.25) is 0 Å². The fraction of sp³-hybridized carbons (Fsp3) is 0.0870. The van der Waals surface area contributed by atoms with Gasteiger partial charge < -0.3 is 14.8 Å². The molecule has 0 atom stereocenters. The fourth-order valence-corrected chi connectivity index (χ4v) is 3.02. The number of hydrogen-bond donors (Lipinski definition) is 1. The van der Waals surface area contributed by atoms with Gasteiger partial charge in [-0.3, -0.25) is 14.5 Å². The molecule has 0 radical (unpaired) electrons. The van der Waals surface area contributed by atoms with Gasteiger partial charge >= 0.3 is 5.97 Å². The number of carbonyl (C=O) groups excluding carboxylic acids is 3. The quantitative estimate of drug-likeness (QED) is 0.523. The summed E-state index contributed by atoms with van der Waals surface area (Å²) >= 11 is 0. The van der Waals surface area contributed by atoms with Crippen molar-refractivity contribution in [1.29, 1.82) is 0 Å². The van der Waals surface area contributed by atoms with Crippen molar-refractivity contribution in [3.8, 4) is 11.5 Å². The van der Waals surface area contributed by atoms with Gasteiger partial charge in [0, 0.05) is 11.3 Å². The molecular weight excluding hydrogens is 384 g/mol. The Kier molecular flexibility index (Phi) is 5.43. The summed E-state index contributed by atoms with van der Waals surface area (Å²) in [6, 6.07) is 22.3. The Morgan fingerprint density at radius 1 is 0.933 bits per heavy atom. The molecule has 7 nitrogen and oxygen atoms in total. The Morgan fingerprint density at radius 3 is 2.40 bits per heavy atom. The molecule has 0 aliphatic carbocycles. The van der Waals surface area contributed by atoms with Crippen LogP contribution in [-0.2, 0) is 9.59 Å². The topological polar surface area (TPSA) is 84.9 Å². The van der Waals surface area contributed by atoms with Crippen LogP contribution in [0.15, 0.2) is 78.9 Å². The molecule has 150 valence electrons. The summed E-state index contributed by atoms with van der Waals surface area (Å²) in [5, 5.41) is 2.78. The van der Waals surface area contributed by atoms with Crippen molar-refractivity contribution in [3.05, 3.63) is 84.4 Å². The van der Waals surface area contributed by atoms with Crippen molar-refractivity contribution in [2.45, 2.75) is 0 Å². The third-order valence-electron chi connectivity index (χ3n) is 4.48. The standard InChI is InChI=1S/C23H18N2O5/c26-21-15-29-20-9-5-4-8-19(20)25(21)14-22(27)30-18-12-10-17(11-13-18)24-23(28)16-6-2-1-3-7-16/h1-13H,14-15H2,(H,24,28). The fourth-order valence-electron chi connectivity index (χ4n) is 3.02. The lowest BCUT2D eigenvalue weighted by Gasteiger charge is -2.28. The van der Waals surface area contributed by atoms with Crippen LogP contribution >= 0.6 is 0 Å².